The molecule has 1 aliphatic carbocycles. The zero-order valence-electron chi connectivity index (χ0n) is 14.4. The molecule has 1 atom stereocenters. The molecule has 0 aromatic heterocycles. The third kappa shape index (κ3) is 7.60. The molecule has 1 heterocycles. The lowest BCUT2D eigenvalue weighted by Crippen LogP contribution is -2.40. The van der Waals surface area contributed by atoms with Crippen molar-refractivity contribution in [1.29, 1.82) is 0 Å². The van der Waals surface area contributed by atoms with Crippen LogP contribution >= 0.6 is 0 Å². The molecule has 0 saturated carbocycles. The van der Waals surface area contributed by atoms with Gasteiger partial charge in [-0.15, -0.1) is 0 Å². The molecular weight excluding hydrogens is 268 g/mol. The van der Waals surface area contributed by atoms with Gasteiger partial charge in [-0.05, 0) is 70.9 Å². The molecule has 22 heavy (non-hydrogen) atoms. The second-order valence-corrected chi connectivity index (χ2v) is 6.88. The van der Waals surface area contributed by atoms with E-state index in [2.05, 4.69) is 34.5 Å². The Labute approximate surface area is 138 Å². The zero-order chi connectivity index (χ0) is 15.3. The van der Waals surface area contributed by atoms with Gasteiger partial charge in [-0.3, -0.25) is 4.90 Å². The first-order chi connectivity index (χ1) is 11.0. The zero-order valence-corrected chi connectivity index (χ0v) is 14.4. The molecule has 1 unspecified atom stereocenters. The number of hydrogen-bond donors (Lipinski definition) is 1. The highest BCUT2D eigenvalue weighted by Crippen LogP contribution is 2.19. The minimum Gasteiger partial charge on any atom is -0.315 e. The molecule has 2 nitrogen and oxygen atoms in total. The minimum atomic E-state index is 0.818. The monoisotopic (exact) mass is 304 g/mol. The summed E-state index contributed by atoms with van der Waals surface area (Å²) in [5.41, 5.74) is 0. The average Bonchev–Trinajstić information content (AvgIpc) is 2.64. The van der Waals surface area contributed by atoms with Gasteiger partial charge in [0.1, 0.15) is 0 Å². The van der Waals surface area contributed by atoms with E-state index >= 15 is 0 Å². The Morgan fingerprint density at radius 3 is 2.27 bits per heavy atom. The predicted octanol–water partition coefficient (Wildman–Crippen LogP) is 4.68. The van der Waals surface area contributed by atoms with E-state index in [9.17, 15) is 0 Å². The maximum Gasteiger partial charge on any atom is 0.0110 e. The van der Waals surface area contributed by atoms with Gasteiger partial charge in [0.15, 0.2) is 0 Å². The number of nitrogens with one attached hydrogen (secondary N) is 1. The van der Waals surface area contributed by atoms with Crippen LogP contribution < -0.4 is 5.32 Å². The van der Waals surface area contributed by atoms with Gasteiger partial charge in [0, 0.05) is 19.1 Å². The average molecular weight is 305 g/mol. The third-order valence-corrected chi connectivity index (χ3v) is 5.05. The van der Waals surface area contributed by atoms with Crippen LogP contribution in [0.3, 0.4) is 0 Å². The highest BCUT2D eigenvalue weighted by molar-refractivity contribution is 4.86. The molecular formula is C20H36N2. The molecule has 1 N–H and O–H groups in total. The maximum absolute atomic E-state index is 3.61. The first-order valence-electron chi connectivity index (χ1n) is 9.71. The lowest BCUT2D eigenvalue weighted by atomic mass is 10.0. The molecule has 0 aromatic rings. The summed E-state index contributed by atoms with van der Waals surface area (Å²) in [5.74, 6) is 0. The molecule has 0 saturated heterocycles. The minimum absolute atomic E-state index is 0.818. The van der Waals surface area contributed by atoms with Crippen LogP contribution in [-0.4, -0.2) is 37.1 Å². The molecule has 0 fully saturated rings. The summed E-state index contributed by atoms with van der Waals surface area (Å²) in [4.78, 5) is 2.80. The molecule has 2 heteroatoms. The number of allylic oxidation sites excluding steroid dienone is 3. The summed E-state index contributed by atoms with van der Waals surface area (Å²) < 4.78 is 0. The van der Waals surface area contributed by atoms with Crippen molar-refractivity contribution in [2.75, 3.05) is 26.2 Å². The Morgan fingerprint density at radius 2 is 1.36 bits per heavy atom. The van der Waals surface area contributed by atoms with Crippen LogP contribution in [-0.2, 0) is 0 Å². The first kappa shape index (κ1) is 17.7. The van der Waals surface area contributed by atoms with Crippen molar-refractivity contribution in [2.24, 2.45) is 0 Å². The Morgan fingerprint density at radius 1 is 0.636 bits per heavy atom. The summed E-state index contributed by atoms with van der Waals surface area (Å²) in [6, 6.07) is 0.818. The normalized spacial score (nSPS) is 27.7. The largest absolute Gasteiger partial charge is 0.315 e. The second-order valence-electron chi connectivity index (χ2n) is 6.88. The highest BCUT2D eigenvalue weighted by Gasteiger charge is 2.17. The van der Waals surface area contributed by atoms with Gasteiger partial charge in [-0.2, -0.15) is 0 Å². The fraction of sp³-hybridized carbons (Fsp3) is 0.800. The van der Waals surface area contributed by atoms with Crippen molar-refractivity contribution in [1.82, 2.24) is 10.2 Å². The Balaban J connectivity index is 1.87. The van der Waals surface area contributed by atoms with E-state index in [1.54, 1.807) is 0 Å². The van der Waals surface area contributed by atoms with Crippen LogP contribution in [0.25, 0.3) is 0 Å². The number of hydrogen-bond acceptors (Lipinski definition) is 2. The van der Waals surface area contributed by atoms with Crippen molar-refractivity contribution in [3.05, 3.63) is 24.3 Å². The fourth-order valence-electron chi connectivity index (χ4n) is 3.69. The standard InChI is InChI=1S/C20H36N2/c1-2-4-7-11-15-20(14-10-6-3-1)22-18-13-9-5-8-12-16-21-17-19-22/h1,3,5,8,20-21H,2,4,6-7,9-19H2. The molecule has 0 bridgehead atoms. The van der Waals surface area contributed by atoms with Gasteiger partial charge in [-0.25, -0.2) is 0 Å². The molecule has 0 spiro atoms. The van der Waals surface area contributed by atoms with E-state index in [1.165, 1.54) is 83.7 Å². The van der Waals surface area contributed by atoms with E-state index < -0.39 is 0 Å². The van der Waals surface area contributed by atoms with Gasteiger partial charge in [0.2, 0.25) is 0 Å². The van der Waals surface area contributed by atoms with E-state index in [0.29, 0.717) is 0 Å². The smallest absolute Gasteiger partial charge is 0.0110 e. The predicted molar refractivity (Wildman–Crippen MR) is 97.3 cm³/mol. The summed E-state index contributed by atoms with van der Waals surface area (Å²) in [7, 11) is 0. The third-order valence-electron chi connectivity index (χ3n) is 5.05. The van der Waals surface area contributed by atoms with Gasteiger partial charge >= 0.3 is 0 Å². The Hall–Kier alpha value is -0.600. The molecule has 0 radical (unpaired) electrons. The van der Waals surface area contributed by atoms with Crippen molar-refractivity contribution in [2.45, 2.75) is 76.7 Å². The Bertz CT molecular complexity index is 290. The van der Waals surface area contributed by atoms with Crippen LogP contribution in [0.5, 0.6) is 0 Å². The summed E-state index contributed by atoms with van der Waals surface area (Å²) in [6.07, 6.45) is 24.3. The van der Waals surface area contributed by atoms with E-state index in [4.69, 9.17) is 0 Å². The summed E-state index contributed by atoms with van der Waals surface area (Å²) in [5, 5.41) is 3.61. The van der Waals surface area contributed by atoms with Crippen molar-refractivity contribution >= 4 is 0 Å². The number of rotatable bonds is 1. The van der Waals surface area contributed by atoms with Crippen LogP contribution in [0.4, 0.5) is 0 Å². The van der Waals surface area contributed by atoms with Crippen LogP contribution in [0.2, 0.25) is 0 Å². The highest BCUT2D eigenvalue weighted by atomic mass is 15.2. The van der Waals surface area contributed by atoms with E-state index in [0.717, 1.165) is 19.1 Å². The molecule has 2 rings (SSSR count). The van der Waals surface area contributed by atoms with Gasteiger partial charge < -0.3 is 5.32 Å². The van der Waals surface area contributed by atoms with Crippen molar-refractivity contribution in [3.8, 4) is 0 Å². The van der Waals surface area contributed by atoms with E-state index in [-0.39, 0.29) is 0 Å². The van der Waals surface area contributed by atoms with Gasteiger partial charge in [0.25, 0.3) is 0 Å². The van der Waals surface area contributed by atoms with E-state index in [1.807, 2.05) is 0 Å². The van der Waals surface area contributed by atoms with Gasteiger partial charge in [-0.1, -0.05) is 37.1 Å². The maximum atomic E-state index is 3.61. The first-order valence-corrected chi connectivity index (χ1v) is 9.71. The van der Waals surface area contributed by atoms with Crippen LogP contribution in [0.1, 0.15) is 70.6 Å². The summed E-state index contributed by atoms with van der Waals surface area (Å²) >= 11 is 0. The SMILES string of the molecule is C1=CCCCC(N2CCCC=CCCNCC2)CCCCC1. The second kappa shape index (κ2) is 11.9. The summed E-state index contributed by atoms with van der Waals surface area (Å²) in [6.45, 7) is 4.82. The molecule has 126 valence electrons. The van der Waals surface area contributed by atoms with Crippen molar-refractivity contribution < 1.29 is 0 Å². The lowest BCUT2D eigenvalue weighted by Gasteiger charge is -2.32. The number of nitrogens with zero attached hydrogens (tertiary/aromatic N) is 1. The van der Waals surface area contributed by atoms with Crippen LogP contribution in [0, 0.1) is 0 Å². The van der Waals surface area contributed by atoms with Crippen LogP contribution in [0.15, 0.2) is 24.3 Å². The lowest BCUT2D eigenvalue weighted by molar-refractivity contribution is 0.171. The quantitative estimate of drug-likeness (QED) is 0.708. The Kier molecular flexibility index (Phi) is 9.60. The topological polar surface area (TPSA) is 15.3 Å². The van der Waals surface area contributed by atoms with Crippen molar-refractivity contribution in [3.63, 3.8) is 0 Å². The molecule has 1 aliphatic heterocycles. The molecule has 2 aliphatic rings. The fourth-order valence-corrected chi connectivity index (χ4v) is 3.69. The molecule has 0 amide bonds. The molecule has 0 aromatic carbocycles. The van der Waals surface area contributed by atoms with Gasteiger partial charge in [0.05, 0.1) is 0 Å².